The standard InChI is InChI=1S/C5H4F3N3/c6-5(7,8)4(1-9)2-10-3-11-4/h3H,2H2,(H,10,11). The number of halogens is 3. The lowest BCUT2D eigenvalue weighted by Crippen LogP contribution is -2.54. The summed E-state index contributed by atoms with van der Waals surface area (Å²) in [7, 11) is 0. The zero-order chi connectivity index (χ0) is 8.54. The van der Waals surface area contributed by atoms with Crippen LogP contribution in [0.15, 0.2) is 4.99 Å². The van der Waals surface area contributed by atoms with Crippen molar-refractivity contribution in [2.45, 2.75) is 11.7 Å². The molecule has 0 aromatic heterocycles. The van der Waals surface area contributed by atoms with Crippen LogP contribution in [0, 0.1) is 11.3 Å². The summed E-state index contributed by atoms with van der Waals surface area (Å²) in [5, 5.41) is 10.1. The molecule has 0 aliphatic carbocycles. The number of nitrogens with zero attached hydrogens (tertiary/aromatic N) is 2. The van der Waals surface area contributed by atoms with E-state index in [1.165, 1.54) is 0 Å². The molecular formula is C5H4F3N3. The highest BCUT2D eigenvalue weighted by Crippen LogP contribution is 2.31. The van der Waals surface area contributed by atoms with Gasteiger partial charge in [-0.3, -0.25) is 4.99 Å². The Hall–Kier alpha value is -1.25. The van der Waals surface area contributed by atoms with Crippen LogP contribution in [0.2, 0.25) is 0 Å². The largest absolute Gasteiger partial charge is 0.426 e. The summed E-state index contributed by atoms with van der Waals surface area (Å²) in [6.45, 7) is -0.562. The van der Waals surface area contributed by atoms with E-state index in [0.29, 0.717) is 0 Å². The number of nitrogens with one attached hydrogen (secondary N) is 1. The topological polar surface area (TPSA) is 48.2 Å². The fourth-order valence-corrected chi connectivity index (χ4v) is 0.687. The summed E-state index contributed by atoms with van der Waals surface area (Å²) >= 11 is 0. The zero-order valence-electron chi connectivity index (χ0n) is 5.31. The molecule has 6 heteroatoms. The maximum absolute atomic E-state index is 12.1. The van der Waals surface area contributed by atoms with Gasteiger partial charge >= 0.3 is 6.18 Å². The van der Waals surface area contributed by atoms with Crippen LogP contribution in [0.5, 0.6) is 0 Å². The second-order valence-electron chi connectivity index (χ2n) is 2.13. The molecule has 1 N–H and O–H groups in total. The van der Waals surface area contributed by atoms with Crippen molar-refractivity contribution >= 4 is 6.34 Å². The summed E-state index contributed by atoms with van der Waals surface area (Å²) in [4.78, 5) is 3.30. The van der Waals surface area contributed by atoms with E-state index in [-0.39, 0.29) is 0 Å². The molecule has 0 bridgehead atoms. The third kappa shape index (κ3) is 1.02. The van der Waals surface area contributed by atoms with Crippen LogP contribution in [-0.4, -0.2) is 24.6 Å². The van der Waals surface area contributed by atoms with E-state index in [0.717, 1.165) is 12.4 Å². The van der Waals surface area contributed by atoms with E-state index >= 15 is 0 Å². The summed E-state index contributed by atoms with van der Waals surface area (Å²) < 4.78 is 36.2. The summed E-state index contributed by atoms with van der Waals surface area (Å²) in [6.07, 6.45) is -3.67. The first-order valence-corrected chi connectivity index (χ1v) is 2.76. The molecule has 0 radical (unpaired) electrons. The average Bonchev–Trinajstić information content (AvgIpc) is 2.33. The van der Waals surface area contributed by atoms with E-state index in [1.807, 2.05) is 5.32 Å². The third-order valence-corrected chi connectivity index (χ3v) is 1.41. The van der Waals surface area contributed by atoms with Gasteiger partial charge in [0, 0.05) is 0 Å². The molecular weight excluding hydrogens is 159 g/mol. The van der Waals surface area contributed by atoms with Gasteiger partial charge in [-0.05, 0) is 0 Å². The molecule has 1 aliphatic heterocycles. The predicted molar refractivity (Wildman–Crippen MR) is 30.9 cm³/mol. The van der Waals surface area contributed by atoms with Gasteiger partial charge in [0.25, 0.3) is 0 Å². The molecule has 0 fully saturated rings. The fraction of sp³-hybridized carbons (Fsp3) is 0.600. The molecule has 0 saturated heterocycles. The van der Waals surface area contributed by atoms with Crippen LogP contribution in [0.3, 0.4) is 0 Å². The number of hydrogen-bond acceptors (Lipinski definition) is 3. The van der Waals surface area contributed by atoms with Gasteiger partial charge in [0.1, 0.15) is 6.07 Å². The van der Waals surface area contributed by atoms with Gasteiger partial charge in [0.15, 0.2) is 0 Å². The molecule has 1 atom stereocenters. The van der Waals surface area contributed by atoms with Crippen molar-refractivity contribution in [1.29, 1.82) is 5.26 Å². The maximum Gasteiger partial charge on any atom is 0.426 e. The van der Waals surface area contributed by atoms with Gasteiger partial charge in [-0.25, -0.2) is 0 Å². The lowest BCUT2D eigenvalue weighted by Gasteiger charge is -2.22. The minimum absolute atomic E-state index is 0.562. The SMILES string of the molecule is N#CC1(C(F)(F)F)CN=CN1. The highest BCUT2D eigenvalue weighted by molar-refractivity contribution is 5.61. The van der Waals surface area contributed by atoms with Gasteiger partial charge < -0.3 is 5.32 Å². The summed E-state index contributed by atoms with van der Waals surface area (Å²) in [6, 6.07) is 1.16. The molecule has 1 aliphatic rings. The lowest BCUT2D eigenvalue weighted by molar-refractivity contribution is -0.169. The van der Waals surface area contributed by atoms with Gasteiger partial charge in [-0.2, -0.15) is 18.4 Å². The van der Waals surface area contributed by atoms with Gasteiger partial charge in [-0.15, -0.1) is 0 Å². The van der Waals surface area contributed by atoms with Crippen molar-refractivity contribution < 1.29 is 13.2 Å². The number of rotatable bonds is 0. The highest BCUT2D eigenvalue weighted by Gasteiger charge is 2.57. The molecule has 1 heterocycles. The van der Waals surface area contributed by atoms with Crippen LogP contribution in [0.1, 0.15) is 0 Å². The van der Waals surface area contributed by atoms with Gasteiger partial charge in [0.05, 0.1) is 12.9 Å². The number of nitriles is 1. The van der Waals surface area contributed by atoms with Crippen molar-refractivity contribution in [2.24, 2.45) is 4.99 Å². The Morgan fingerprint density at radius 1 is 1.64 bits per heavy atom. The van der Waals surface area contributed by atoms with Gasteiger partial charge in [0.2, 0.25) is 5.54 Å². The number of alkyl halides is 3. The Labute approximate surface area is 60.5 Å². The summed E-state index contributed by atoms with van der Waals surface area (Å²) in [5.41, 5.74) is -2.49. The minimum Gasteiger partial charge on any atom is -0.350 e. The second kappa shape index (κ2) is 2.12. The van der Waals surface area contributed by atoms with Crippen molar-refractivity contribution in [3.8, 4) is 6.07 Å². The normalized spacial score (nSPS) is 29.6. The smallest absolute Gasteiger partial charge is 0.350 e. The van der Waals surface area contributed by atoms with Crippen LogP contribution in [0.25, 0.3) is 0 Å². The van der Waals surface area contributed by atoms with E-state index < -0.39 is 18.3 Å². The third-order valence-electron chi connectivity index (χ3n) is 1.41. The molecule has 1 unspecified atom stereocenters. The van der Waals surface area contributed by atoms with Gasteiger partial charge in [-0.1, -0.05) is 0 Å². The molecule has 1 rings (SSSR count). The fourth-order valence-electron chi connectivity index (χ4n) is 0.687. The molecule has 0 amide bonds. The molecule has 0 spiro atoms. The van der Waals surface area contributed by atoms with Crippen molar-refractivity contribution in [2.75, 3.05) is 6.54 Å². The predicted octanol–water partition coefficient (Wildman–Crippen LogP) is 0.443. The second-order valence-corrected chi connectivity index (χ2v) is 2.13. The Bertz CT molecular complexity index is 216. The van der Waals surface area contributed by atoms with Crippen molar-refractivity contribution in [3.63, 3.8) is 0 Å². The average molecular weight is 163 g/mol. The highest BCUT2D eigenvalue weighted by atomic mass is 19.4. The van der Waals surface area contributed by atoms with Crippen molar-refractivity contribution in [3.05, 3.63) is 0 Å². The molecule has 0 aromatic rings. The van der Waals surface area contributed by atoms with Crippen molar-refractivity contribution in [1.82, 2.24) is 5.32 Å². The monoisotopic (exact) mass is 163 g/mol. The van der Waals surface area contributed by atoms with E-state index in [9.17, 15) is 13.2 Å². The Morgan fingerprint density at radius 3 is 2.45 bits per heavy atom. The molecule has 3 nitrogen and oxygen atoms in total. The lowest BCUT2D eigenvalue weighted by atomic mass is 10.0. The van der Waals surface area contributed by atoms with E-state index in [1.54, 1.807) is 0 Å². The number of aliphatic imine (C=N–C) groups is 1. The van der Waals surface area contributed by atoms with Crippen LogP contribution < -0.4 is 5.32 Å². The Kier molecular flexibility index (Phi) is 1.51. The quantitative estimate of drug-likeness (QED) is 0.563. The van der Waals surface area contributed by atoms with Crippen LogP contribution in [0.4, 0.5) is 13.2 Å². The van der Waals surface area contributed by atoms with E-state index in [4.69, 9.17) is 5.26 Å². The van der Waals surface area contributed by atoms with Crippen LogP contribution >= 0.6 is 0 Å². The van der Waals surface area contributed by atoms with Crippen LogP contribution in [-0.2, 0) is 0 Å². The minimum atomic E-state index is -4.57. The number of hydrogen-bond donors (Lipinski definition) is 1. The Morgan fingerprint density at radius 2 is 2.27 bits per heavy atom. The maximum atomic E-state index is 12.1. The zero-order valence-corrected chi connectivity index (χ0v) is 5.31. The first kappa shape index (κ1) is 7.85. The first-order valence-electron chi connectivity index (χ1n) is 2.76. The molecule has 60 valence electrons. The molecule has 0 saturated carbocycles. The molecule has 11 heavy (non-hydrogen) atoms. The molecule has 0 aromatic carbocycles. The summed E-state index contributed by atoms with van der Waals surface area (Å²) in [5.74, 6) is 0. The Balaban J connectivity index is 2.89. The van der Waals surface area contributed by atoms with E-state index in [2.05, 4.69) is 4.99 Å². The first-order chi connectivity index (χ1) is 5.02.